The molecule has 0 bridgehead atoms. The van der Waals surface area contributed by atoms with Gasteiger partial charge in [0.1, 0.15) is 0 Å². The third-order valence-electron chi connectivity index (χ3n) is 3.80. The highest BCUT2D eigenvalue weighted by atomic mass is 32.2. The number of rotatable bonds is 3. The van der Waals surface area contributed by atoms with Crippen LogP contribution in [0.3, 0.4) is 0 Å². The Kier molecular flexibility index (Phi) is 3.41. The number of fused-ring (bicyclic) bond motifs is 1. The van der Waals surface area contributed by atoms with Gasteiger partial charge in [-0.15, -0.1) is 0 Å². The van der Waals surface area contributed by atoms with Crippen LogP contribution in [0.5, 0.6) is 0 Å². The molecular formula is C16H15NO4S. The maximum Gasteiger partial charge on any atom is 0.335 e. The lowest BCUT2D eigenvalue weighted by atomic mass is 10.1. The number of hydrogen-bond donors (Lipinski definition) is 1. The van der Waals surface area contributed by atoms with E-state index in [9.17, 15) is 13.2 Å². The second-order valence-corrected chi connectivity index (χ2v) is 7.13. The first kappa shape index (κ1) is 14.6. The molecule has 2 aromatic carbocycles. The van der Waals surface area contributed by atoms with Crippen molar-refractivity contribution >= 4 is 21.7 Å². The van der Waals surface area contributed by atoms with E-state index in [0.717, 1.165) is 5.56 Å². The number of hydrogen-bond acceptors (Lipinski definition) is 3. The van der Waals surface area contributed by atoms with E-state index in [1.807, 2.05) is 25.1 Å². The quantitative estimate of drug-likeness (QED) is 0.944. The first-order chi connectivity index (χ1) is 10.4. The van der Waals surface area contributed by atoms with E-state index in [4.69, 9.17) is 5.11 Å². The van der Waals surface area contributed by atoms with Crippen molar-refractivity contribution in [2.75, 3.05) is 4.31 Å². The predicted molar refractivity (Wildman–Crippen MR) is 82.7 cm³/mol. The van der Waals surface area contributed by atoms with E-state index >= 15 is 0 Å². The monoisotopic (exact) mass is 317 g/mol. The van der Waals surface area contributed by atoms with Crippen molar-refractivity contribution in [3.05, 3.63) is 59.7 Å². The molecule has 1 aliphatic rings. The highest BCUT2D eigenvalue weighted by Gasteiger charge is 2.35. The lowest BCUT2D eigenvalue weighted by Gasteiger charge is -2.24. The van der Waals surface area contributed by atoms with E-state index in [1.165, 1.54) is 28.6 Å². The third-order valence-corrected chi connectivity index (χ3v) is 5.75. The van der Waals surface area contributed by atoms with E-state index in [-0.39, 0.29) is 16.5 Å². The summed E-state index contributed by atoms with van der Waals surface area (Å²) >= 11 is 0. The summed E-state index contributed by atoms with van der Waals surface area (Å²) < 4.78 is 27.1. The molecule has 1 aliphatic heterocycles. The fourth-order valence-electron chi connectivity index (χ4n) is 2.79. The summed E-state index contributed by atoms with van der Waals surface area (Å²) in [4.78, 5) is 11.0. The molecule has 1 atom stereocenters. The molecular weight excluding hydrogens is 302 g/mol. The van der Waals surface area contributed by atoms with Crippen LogP contribution in [-0.2, 0) is 16.4 Å². The zero-order valence-electron chi connectivity index (χ0n) is 11.9. The average molecular weight is 317 g/mol. The van der Waals surface area contributed by atoms with Gasteiger partial charge in [0.25, 0.3) is 10.0 Å². The summed E-state index contributed by atoms with van der Waals surface area (Å²) in [7, 11) is -3.70. The van der Waals surface area contributed by atoms with Gasteiger partial charge in [0, 0.05) is 6.04 Å². The molecule has 3 rings (SSSR count). The Morgan fingerprint density at radius 3 is 2.41 bits per heavy atom. The lowest BCUT2D eigenvalue weighted by Crippen LogP contribution is -2.35. The van der Waals surface area contributed by atoms with Crippen LogP contribution in [0.4, 0.5) is 5.69 Å². The molecule has 0 aromatic heterocycles. The third kappa shape index (κ3) is 2.25. The minimum absolute atomic E-state index is 0.0637. The number of carboxylic acids is 1. The molecule has 0 radical (unpaired) electrons. The van der Waals surface area contributed by atoms with E-state index in [1.54, 1.807) is 6.07 Å². The molecule has 0 fully saturated rings. The van der Waals surface area contributed by atoms with Crippen molar-refractivity contribution in [3.63, 3.8) is 0 Å². The van der Waals surface area contributed by atoms with Gasteiger partial charge in [0.15, 0.2) is 0 Å². The zero-order chi connectivity index (χ0) is 15.9. The SMILES string of the molecule is C[C@H]1Cc2ccccc2N1S(=O)(=O)c1ccc(C(=O)O)cc1. The molecule has 1 heterocycles. The van der Waals surface area contributed by atoms with Crippen LogP contribution in [0.25, 0.3) is 0 Å². The Hall–Kier alpha value is -2.34. The average Bonchev–Trinajstić information content (AvgIpc) is 2.83. The van der Waals surface area contributed by atoms with Gasteiger partial charge in [-0.1, -0.05) is 18.2 Å². The Balaban J connectivity index is 2.05. The van der Waals surface area contributed by atoms with Crippen LogP contribution in [0.2, 0.25) is 0 Å². The number of aromatic carboxylic acids is 1. The van der Waals surface area contributed by atoms with Gasteiger partial charge < -0.3 is 5.11 Å². The second-order valence-electron chi connectivity index (χ2n) is 5.31. The smallest absolute Gasteiger partial charge is 0.335 e. The van der Waals surface area contributed by atoms with Crippen molar-refractivity contribution in [2.45, 2.75) is 24.3 Å². The van der Waals surface area contributed by atoms with Crippen molar-refractivity contribution in [1.82, 2.24) is 0 Å². The van der Waals surface area contributed by atoms with E-state index < -0.39 is 16.0 Å². The van der Waals surface area contributed by atoms with Gasteiger partial charge in [-0.2, -0.15) is 0 Å². The van der Waals surface area contributed by atoms with Crippen LogP contribution in [0.15, 0.2) is 53.4 Å². The second kappa shape index (κ2) is 5.14. The Morgan fingerprint density at radius 2 is 1.77 bits per heavy atom. The Bertz CT molecular complexity index is 827. The first-order valence-electron chi connectivity index (χ1n) is 6.87. The van der Waals surface area contributed by atoms with Crippen molar-refractivity contribution in [1.29, 1.82) is 0 Å². The fourth-order valence-corrected chi connectivity index (χ4v) is 4.48. The zero-order valence-corrected chi connectivity index (χ0v) is 12.7. The highest BCUT2D eigenvalue weighted by molar-refractivity contribution is 7.92. The molecule has 2 aromatic rings. The molecule has 0 amide bonds. The van der Waals surface area contributed by atoms with Gasteiger partial charge in [0.2, 0.25) is 0 Å². The maximum atomic E-state index is 12.9. The van der Waals surface area contributed by atoms with Gasteiger partial charge in [0.05, 0.1) is 16.1 Å². The normalized spacial score (nSPS) is 17.3. The summed E-state index contributed by atoms with van der Waals surface area (Å²) in [6.45, 7) is 1.86. The summed E-state index contributed by atoms with van der Waals surface area (Å²) in [5.41, 5.74) is 1.76. The lowest BCUT2D eigenvalue weighted by molar-refractivity contribution is 0.0696. The van der Waals surface area contributed by atoms with E-state index in [0.29, 0.717) is 12.1 Å². The van der Waals surface area contributed by atoms with Gasteiger partial charge in [-0.05, 0) is 49.2 Å². The van der Waals surface area contributed by atoms with Crippen molar-refractivity contribution in [2.24, 2.45) is 0 Å². The van der Waals surface area contributed by atoms with Gasteiger partial charge in [-0.3, -0.25) is 4.31 Å². The summed E-state index contributed by atoms with van der Waals surface area (Å²) in [6, 6.07) is 12.6. The molecule has 0 unspecified atom stereocenters. The minimum Gasteiger partial charge on any atom is -0.478 e. The molecule has 5 nitrogen and oxygen atoms in total. The minimum atomic E-state index is -3.70. The largest absolute Gasteiger partial charge is 0.478 e. The predicted octanol–water partition coefficient (Wildman–Crippen LogP) is 2.52. The van der Waals surface area contributed by atoms with Crippen LogP contribution in [-0.4, -0.2) is 25.5 Å². The molecule has 6 heteroatoms. The van der Waals surface area contributed by atoms with Crippen LogP contribution >= 0.6 is 0 Å². The van der Waals surface area contributed by atoms with Crippen molar-refractivity contribution < 1.29 is 18.3 Å². The molecule has 0 aliphatic carbocycles. The first-order valence-corrected chi connectivity index (χ1v) is 8.31. The van der Waals surface area contributed by atoms with E-state index in [2.05, 4.69) is 0 Å². The number of sulfonamides is 1. The summed E-state index contributed by atoms with van der Waals surface area (Å²) in [5.74, 6) is -1.08. The Labute approximate surface area is 128 Å². The number of carboxylic acid groups (broad SMARTS) is 1. The molecule has 22 heavy (non-hydrogen) atoms. The van der Waals surface area contributed by atoms with Crippen LogP contribution in [0, 0.1) is 0 Å². The number of carbonyl (C=O) groups is 1. The van der Waals surface area contributed by atoms with Gasteiger partial charge in [-0.25, -0.2) is 13.2 Å². The summed E-state index contributed by atoms with van der Waals surface area (Å²) in [6.07, 6.45) is 0.669. The molecule has 1 N–H and O–H groups in total. The van der Waals surface area contributed by atoms with Crippen molar-refractivity contribution in [3.8, 4) is 0 Å². The number of para-hydroxylation sites is 1. The standard InChI is InChI=1S/C16H15NO4S/c1-11-10-13-4-2-3-5-15(13)17(11)22(20,21)14-8-6-12(7-9-14)16(18)19/h2-9,11H,10H2,1H3,(H,18,19)/t11-/m0/s1. The Morgan fingerprint density at radius 1 is 1.14 bits per heavy atom. The summed E-state index contributed by atoms with van der Waals surface area (Å²) in [5, 5.41) is 8.90. The number of benzene rings is 2. The fraction of sp³-hybridized carbons (Fsp3) is 0.188. The molecule has 0 spiro atoms. The molecule has 114 valence electrons. The number of nitrogens with zero attached hydrogens (tertiary/aromatic N) is 1. The highest BCUT2D eigenvalue weighted by Crippen LogP contribution is 2.36. The number of anilines is 1. The van der Waals surface area contributed by atoms with Crippen LogP contribution < -0.4 is 4.31 Å². The van der Waals surface area contributed by atoms with Crippen LogP contribution in [0.1, 0.15) is 22.8 Å². The topological polar surface area (TPSA) is 74.7 Å². The molecule has 0 saturated heterocycles. The van der Waals surface area contributed by atoms with Gasteiger partial charge >= 0.3 is 5.97 Å². The molecule has 0 saturated carbocycles. The maximum absolute atomic E-state index is 12.9.